The van der Waals surface area contributed by atoms with Crippen LogP contribution in [0.2, 0.25) is 0 Å². The molecule has 18 heteroatoms. The molecule has 0 aliphatic carbocycles. The van der Waals surface area contributed by atoms with Crippen molar-refractivity contribution in [3.05, 3.63) is 69.9 Å². The molecule has 1 amide bonds. The molecular formula is C29H31F6N7O5. The number of carbonyl (C=O) groups excluding carboxylic acids is 1. The number of ether oxygens (including phenoxy) is 2. The fourth-order valence-corrected chi connectivity index (χ4v) is 5.55. The van der Waals surface area contributed by atoms with E-state index in [9.17, 15) is 41.0 Å². The highest BCUT2D eigenvalue weighted by Gasteiger charge is 2.42. The molecule has 2 N–H and O–H groups in total. The first-order chi connectivity index (χ1) is 22.3. The fourth-order valence-electron chi connectivity index (χ4n) is 5.55. The average molecular weight is 672 g/mol. The number of hydrogen-bond acceptors (Lipinski definition) is 10. The molecule has 2 saturated heterocycles. The zero-order valence-electron chi connectivity index (χ0n) is 25.0. The molecule has 254 valence electrons. The Morgan fingerprint density at radius 3 is 2.30 bits per heavy atom. The SMILES string of the molecule is COc1ccc(Cn2ncc(NCCO[C@@H]3CCN([C@@H]4CCN(c5ncc(C(F)(F)F)cn5)C[C@H]4O)C3=O)c(C(F)(F)F)c2=O)cc1. The number of likely N-dealkylation sites (tertiary alicyclic amines) is 1. The van der Waals surface area contributed by atoms with Crippen molar-refractivity contribution in [2.24, 2.45) is 0 Å². The van der Waals surface area contributed by atoms with Gasteiger partial charge in [-0.2, -0.15) is 31.4 Å². The van der Waals surface area contributed by atoms with Crippen LogP contribution in [0.15, 0.2) is 47.7 Å². The molecule has 0 spiro atoms. The number of β-amino-alcohol motifs (C(OH)–C–C–N with tert-alkyl or cyclic N) is 1. The number of rotatable bonds is 10. The van der Waals surface area contributed by atoms with E-state index in [0.29, 0.717) is 34.8 Å². The first kappa shape index (κ1) is 33.9. The van der Waals surface area contributed by atoms with Crippen LogP contribution in [0.25, 0.3) is 0 Å². The first-order valence-electron chi connectivity index (χ1n) is 14.5. The number of methoxy groups -OCH3 is 1. The minimum Gasteiger partial charge on any atom is -0.497 e. The number of halogens is 6. The van der Waals surface area contributed by atoms with Gasteiger partial charge in [-0.05, 0) is 24.1 Å². The van der Waals surface area contributed by atoms with E-state index < -0.39 is 58.9 Å². The second kappa shape index (κ2) is 13.7. The summed E-state index contributed by atoms with van der Waals surface area (Å²) in [5.41, 5.74) is -3.71. The lowest BCUT2D eigenvalue weighted by Crippen LogP contribution is -2.55. The second-order valence-electron chi connectivity index (χ2n) is 11.0. The van der Waals surface area contributed by atoms with Gasteiger partial charge in [0.05, 0.1) is 49.9 Å². The van der Waals surface area contributed by atoms with Crippen molar-refractivity contribution in [3.8, 4) is 5.75 Å². The maximum Gasteiger partial charge on any atom is 0.423 e. The van der Waals surface area contributed by atoms with Crippen molar-refractivity contribution in [1.29, 1.82) is 0 Å². The van der Waals surface area contributed by atoms with Gasteiger partial charge in [-0.1, -0.05) is 12.1 Å². The number of aromatic nitrogens is 4. The summed E-state index contributed by atoms with van der Waals surface area (Å²) < 4.78 is 91.6. The summed E-state index contributed by atoms with van der Waals surface area (Å²) in [4.78, 5) is 36.4. The van der Waals surface area contributed by atoms with Crippen LogP contribution in [-0.2, 0) is 28.4 Å². The third-order valence-corrected chi connectivity index (χ3v) is 7.94. The molecule has 2 aliphatic heterocycles. The van der Waals surface area contributed by atoms with Crippen LogP contribution in [0.3, 0.4) is 0 Å². The number of nitrogens with zero attached hydrogens (tertiary/aromatic N) is 6. The van der Waals surface area contributed by atoms with E-state index in [1.807, 2.05) is 0 Å². The summed E-state index contributed by atoms with van der Waals surface area (Å²) in [5.74, 6) is 0.176. The number of aliphatic hydroxyl groups excluding tert-OH is 1. The number of anilines is 2. The van der Waals surface area contributed by atoms with E-state index in [0.717, 1.165) is 6.20 Å². The topological polar surface area (TPSA) is 135 Å². The lowest BCUT2D eigenvalue weighted by molar-refractivity contribution is -0.141. The zero-order chi connectivity index (χ0) is 33.9. The van der Waals surface area contributed by atoms with E-state index in [2.05, 4.69) is 20.4 Å². The predicted octanol–water partition coefficient (Wildman–Crippen LogP) is 2.80. The number of amides is 1. The van der Waals surface area contributed by atoms with Gasteiger partial charge in [0, 0.05) is 45.0 Å². The Morgan fingerprint density at radius 1 is 0.979 bits per heavy atom. The maximum atomic E-state index is 13.9. The third kappa shape index (κ3) is 7.75. The summed E-state index contributed by atoms with van der Waals surface area (Å²) in [6.07, 6.45) is -8.66. The molecule has 2 aliphatic rings. The van der Waals surface area contributed by atoms with Gasteiger partial charge in [0.1, 0.15) is 17.4 Å². The van der Waals surface area contributed by atoms with Crippen LogP contribution in [-0.4, -0.2) is 93.8 Å². The maximum absolute atomic E-state index is 13.9. The first-order valence-corrected chi connectivity index (χ1v) is 14.5. The van der Waals surface area contributed by atoms with E-state index in [1.165, 1.54) is 16.9 Å². The molecule has 0 radical (unpaired) electrons. The quantitative estimate of drug-likeness (QED) is 0.245. The van der Waals surface area contributed by atoms with Gasteiger partial charge in [0.2, 0.25) is 5.95 Å². The predicted molar refractivity (Wildman–Crippen MR) is 154 cm³/mol. The Bertz CT molecular complexity index is 1600. The molecule has 1 aromatic carbocycles. The molecule has 0 saturated carbocycles. The van der Waals surface area contributed by atoms with Crippen molar-refractivity contribution in [2.45, 2.75) is 50.0 Å². The molecule has 5 rings (SSSR count). The number of benzene rings is 1. The van der Waals surface area contributed by atoms with Gasteiger partial charge in [-0.15, -0.1) is 0 Å². The highest BCUT2D eigenvalue weighted by molar-refractivity contribution is 5.83. The smallest absolute Gasteiger partial charge is 0.423 e. The standard InChI is InChI=1S/C29H31F6N7O5/c1-46-19-4-2-17(3-5-19)15-42-26(45)24(29(33,34)35)20(14-39-42)36-8-11-47-23-7-10-41(25(23)44)21-6-9-40(16-22(21)43)27-37-12-18(13-38-27)28(30,31)32/h2-5,12-14,21-23,36,43H,6-11,15-16H2,1H3/t21-,22-,23-/m1/s1. The van der Waals surface area contributed by atoms with E-state index in [4.69, 9.17) is 9.47 Å². The number of piperidine rings is 1. The molecule has 2 aromatic heterocycles. The van der Waals surface area contributed by atoms with Crippen molar-refractivity contribution < 1.29 is 45.7 Å². The molecule has 47 heavy (non-hydrogen) atoms. The Kier molecular flexibility index (Phi) is 9.90. The van der Waals surface area contributed by atoms with Crippen molar-refractivity contribution >= 4 is 17.5 Å². The molecule has 0 unspecified atom stereocenters. The van der Waals surface area contributed by atoms with Crippen LogP contribution in [0.5, 0.6) is 5.75 Å². The number of carbonyl (C=O) groups is 1. The Hall–Kier alpha value is -4.45. The van der Waals surface area contributed by atoms with E-state index >= 15 is 0 Å². The molecule has 4 heterocycles. The van der Waals surface area contributed by atoms with Crippen LogP contribution < -0.4 is 20.5 Å². The third-order valence-electron chi connectivity index (χ3n) is 7.94. The monoisotopic (exact) mass is 671 g/mol. The molecular weight excluding hydrogens is 640 g/mol. The summed E-state index contributed by atoms with van der Waals surface area (Å²) in [7, 11) is 1.47. The van der Waals surface area contributed by atoms with Crippen molar-refractivity contribution in [3.63, 3.8) is 0 Å². The second-order valence-corrected chi connectivity index (χ2v) is 11.0. The normalized spacial score (nSPS) is 20.5. The lowest BCUT2D eigenvalue weighted by atomic mass is 10.0. The van der Waals surface area contributed by atoms with Gasteiger partial charge in [-0.3, -0.25) is 9.59 Å². The van der Waals surface area contributed by atoms with Gasteiger partial charge in [-0.25, -0.2) is 14.6 Å². The van der Waals surface area contributed by atoms with Crippen LogP contribution in [0, 0.1) is 0 Å². The Morgan fingerprint density at radius 2 is 1.68 bits per heavy atom. The number of alkyl halides is 6. The Balaban J connectivity index is 1.13. The lowest BCUT2D eigenvalue weighted by Gasteiger charge is -2.40. The number of hydrogen-bond donors (Lipinski definition) is 2. The largest absolute Gasteiger partial charge is 0.497 e. The summed E-state index contributed by atoms with van der Waals surface area (Å²) >= 11 is 0. The van der Waals surface area contributed by atoms with Crippen molar-refractivity contribution in [2.75, 3.05) is 50.1 Å². The minimum absolute atomic E-state index is 0.0102. The number of nitrogens with one attached hydrogen (secondary N) is 1. The summed E-state index contributed by atoms with van der Waals surface area (Å²) in [6, 6.07) is 5.86. The van der Waals surface area contributed by atoms with Crippen LogP contribution in [0.1, 0.15) is 29.5 Å². The Labute approximate surface area is 263 Å². The number of aliphatic hydroxyl groups is 1. The molecule has 12 nitrogen and oxygen atoms in total. The van der Waals surface area contributed by atoms with Gasteiger partial charge < -0.3 is 29.7 Å². The van der Waals surface area contributed by atoms with Crippen molar-refractivity contribution in [1.82, 2.24) is 24.6 Å². The average Bonchev–Trinajstić information content (AvgIpc) is 3.39. The van der Waals surface area contributed by atoms with E-state index in [-0.39, 0.29) is 51.7 Å². The summed E-state index contributed by atoms with van der Waals surface area (Å²) in [6.45, 7) is 0.0218. The summed E-state index contributed by atoms with van der Waals surface area (Å²) in [5, 5.41) is 17.2. The molecule has 3 atom stereocenters. The van der Waals surface area contributed by atoms with Crippen LogP contribution in [0.4, 0.5) is 38.0 Å². The molecule has 0 bridgehead atoms. The van der Waals surface area contributed by atoms with Crippen LogP contribution >= 0.6 is 0 Å². The van der Waals surface area contributed by atoms with Gasteiger partial charge in [0.15, 0.2) is 0 Å². The highest BCUT2D eigenvalue weighted by atomic mass is 19.4. The van der Waals surface area contributed by atoms with Gasteiger partial charge in [0.25, 0.3) is 11.5 Å². The molecule has 3 aromatic rings. The zero-order valence-corrected chi connectivity index (χ0v) is 25.0. The highest BCUT2D eigenvalue weighted by Crippen LogP contribution is 2.32. The molecule has 2 fully saturated rings. The van der Waals surface area contributed by atoms with Gasteiger partial charge >= 0.3 is 12.4 Å². The fraction of sp³-hybridized carbons (Fsp3) is 0.483. The van der Waals surface area contributed by atoms with E-state index in [1.54, 1.807) is 24.3 Å². The minimum atomic E-state index is -4.97.